The predicted octanol–water partition coefficient (Wildman–Crippen LogP) is 12.9. The van der Waals surface area contributed by atoms with Crippen molar-refractivity contribution in [3.8, 4) is 56.3 Å². The molecule has 0 aliphatic heterocycles. The molecule has 7 aromatic carbocycles. The Morgan fingerprint density at radius 1 is 0.373 bits per heavy atom. The van der Waals surface area contributed by atoms with E-state index in [-0.39, 0.29) is 0 Å². The van der Waals surface area contributed by atoms with Crippen molar-refractivity contribution in [1.82, 2.24) is 15.0 Å². The summed E-state index contributed by atoms with van der Waals surface area (Å²) in [5.74, 6) is 0.714. The molecule has 0 N–H and O–H groups in total. The summed E-state index contributed by atoms with van der Waals surface area (Å²) in [7, 11) is 0. The van der Waals surface area contributed by atoms with Gasteiger partial charge in [-0.3, -0.25) is 0 Å². The Morgan fingerprint density at radius 2 is 0.922 bits per heavy atom. The lowest BCUT2D eigenvalue weighted by molar-refractivity contribution is 1.18. The van der Waals surface area contributed by atoms with Gasteiger partial charge >= 0.3 is 0 Å². The van der Waals surface area contributed by atoms with Crippen molar-refractivity contribution in [3.05, 3.63) is 176 Å². The SMILES string of the molecule is c1ccc(-c2cc(-c3ccc(-c4cc5c(-c6ccccc6)nc6ccccc6c5c5c4sc4ccccc45)cc3)nc(-c3ccccc3)n2)cc1. The van der Waals surface area contributed by atoms with E-state index in [4.69, 9.17) is 15.0 Å². The summed E-state index contributed by atoms with van der Waals surface area (Å²) in [6, 6.07) is 61.8. The van der Waals surface area contributed by atoms with Gasteiger partial charge in [-0.25, -0.2) is 15.0 Å². The van der Waals surface area contributed by atoms with Crippen LogP contribution in [0.5, 0.6) is 0 Å². The van der Waals surface area contributed by atoms with Gasteiger partial charge in [-0.05, 0) is 29.8 Å². The van der Waals surface area contributed by atoms with Crippen LogP contribution in [0.15, 0.2) is 176 Å². The second-order valence-electron chi connectivity index (χ2n) is 12.8. The number of para-hydroxylation sites is 1. The minimum atomic E-state index is 0.714. The molecule has 0 fully saturated rings. The molecule has 3 aromatic heterocycles. The van der Waals surface area contributed by atoms with Gasteiger partial charge in [-0.15, -0.1) is 11.3 Å². The smallest absolute Gasteiger partial charge is 0.160 e. The first-order valence-corrected chi connectivity index (χ1v) is 17.9. The number of aromatic nitrogens is 3. The van der Waals surface area contributed by atoms with Crippen molar-refractivity contribution >= 4 is 53.2 Å². The van der Waals surface area contributed by atoms with E-state index in [9.17, 15) is 0 Å². The van der Waals surface area contributed by atoms with Crippen molar-refractivity contribution in [2.24, 2.45) is 0 Å². The zero-order chi connectivity index (χ0) is 33.7. The second kappa shape index (κ2) is 12.1. The summed E-state index contributed by atoms with van der Waals surface area (Å²) in [5, 5.41) is 6.16. The topological polar surface area (TPSA) is 38.7 Å². The first-order valence-electron chi connectivity index (χ1n) is 17.1. The van der Waals surface area contributed by atoms with Crippen LogP contribution in [0.4, 0.5) is 0 Å². The molecule has 3 nitrogen and oxygen atoms in total. The van der Waals surface area contributed by atoms with Gasteiger partial charge < -0.3 is 0 Å². The minimum Gasteiger partial charge on any atom is -0.247 e. The lowest BCUT2D eigenvalue weighted by atomic mass is 9.92. The highest BCUT2D eigenvalue weighted by Gasteiger charge is 2.20. The number of fused-ring (bicyclic) bond motifs is 7. The standard InChI is InChI=1S/C47H29N3S/c1-4-14-31(15-5-1)40-29-41(50-47(49-40)34-18-8-3-9-19-34)32-26-24-30(25-27-32)37-28-38-43(44-36-21-11-13-23-42(36)51-46(37)44)35-20-10-12-22-39(35)48-45(38)33-16-6-2-7-17-33/h1-29H. The third kappa shape index (κ3) is 5.08. The highest BCUT2D eigenvalue weighted by molar-refractivity contribution is 7.26. The van der Waals surface area contributed by atoms with Crippen molar-refractivity contribution in [2.45, 2.75) is 0 Å². The molecule has 4 heteroatoms. The Balaban J connectivity index is 1.20. The van der Waals surface area contributed by atoms with Crippen LogP contribution in [0.3, 0.4) is 0 Å². The van der Waals surface area contributed by atoms with Gasteiger partial charge in [0.2, 0.25) is 0 Å². The minimum absolute atomic E-state index is 0.714. The first kappa shape index (κ1) is 29.4. The number of rotatable bonds is 5. The fourth-order valence-corrected chi connectivity index (χ4v) is 8.50. The quantitative estimate of drug-likeness (QED) is 0.171. The summed E-state index contributed by atoms with van der Waals surface area (Å²) < 4.78 is 2.56. The third-order valence-electron chi connectivity index (χ3n) is 9.68. The Morgan fingerprint density at radius 3 is 1.63 bits per heavy atom. The molecule has 0 amide bonds. The molecule has 51 heavy (non-hydrogen) atoms. The molecule has 10 rings (SSSR count). The predicted molar refractivity (Wildman–Crippen MR) is 215 cm³/mol. The Kier molecular flexibility index (Phi) is 7.00. The molecule has 0 unspecified atom stereocenters. The van der Waals surface area contributed by atoms with E-state index in [1.165, 1.54) is 36.5 Å². The number of pyridine rings is 1. The summed E-state index contributed by atoms with van der Waals surface area (Å²) in [6.45, 7) is 0. The molecule has 0 spiro atoms. The lowest BCUT2D eigenvalue weighted by Gasteiger charge is -2.15. The van der Waals surface area contributed by atoms with Gasteiger partial charge in [0.15, 0.2) is 5.82 Å². The number of benzene rings is 7. The van der Waals surface area contributed by atoms with Gasteiger partial charge in [0.1, 0.15) is 0 Å². The largest absolute Gasteiger partial charge is 0.247 e. The molecule has 3 heterocycles. The maximum absolute atomic E-state index is 5.29. The molecule has 0 saturated heterocycles. The molecule has 238 valence electrons. The first-order chi connectivity index (χ1) is 25.3. The van der Waals surface area contributed by atoms with Gasteiger partial charge in [0, 0.05) is 64.1 Å². The molecule has 0 bridgehead atoms. The van der Waals surface area contributed by atoms with Gasteiger partial charge in [-0.1, -0.05) is 152 Å². The Bertz CT molecular complexity index is 2820. The molecular weight excluding hydrogens is 639 g/mol. The van der Waals surface area contributed by atoms with E-state index >= 15 is 0 Å². The fourth-order valence-electron chi connectivity index (χ4n) is 7.25. The zero-order valence-electron chi connectivity index (χ0n) is 27.5. The van der Waals surface area contributed by atoms with Crippen LogP contribution in [0.25, 0.3) is 98.1 Å². The Hall–Kier alpha value is -6.49. The fraction of sp³-hybridized carbons (Fsp3) is 0. The van der Waals surface area contributed by atoms with E-state index in [2.05, 4.69) is 140 Å². The van der Waals surface area contributed by atoms with E-state index in [0.29, 0.717) is 5.82 Å². The maximum atomic E-state index is 5.29. The van der Waals surface area contributed by atoms with Gasteiger partial charge in [0.25, 0.3) is 0 Å². The normalized spacial score (nSPS) is 11.5. The summed E-state index contributed by atoms with van der Waals surface area (Å²) in [4.78, 5) is 15.4. The third-order valence-corrected chi connectivity index (χ3v) is 10.9. The van der Waals surface area contributed by atoms with Crippen LogP contribution in [0.2, 0.25) is 0 Å². The van der Waals surface area contributed by atoms with Gasteiger partial charge in [-0.2, -0.15) is 0 Å². The van der Waals surface area contributed by atoms with Crippen molar-refractivity contribution in [3.63, 3.8) is 0 Å². The Labute approximate surface area is 299 Å². The number of hydrogen-bond donors (Lipinski definition) is 0. The molecule has 0 atom stereocenters. The second-order valence-corrected chi connectivity index (χ2v) is 13.8. The average Bonchev–Trinajstić information content (AvgIpc) is 3.61. The summed E-state index contributed by atoms with van der Waals surface area (Å²) in [5.41, 5.74) is 10.4. The van der Waals surface area contributed by atoms with Crippen LogP contribution in [0, 0.1) is 0 Å². The molecule has 0 radical (unpaired) electrons. The van der Waals surface area contributed by atoms with Crippen LogP contribution < -0.4 is 0 Å². The van der Waals surface area contributed by atoms with E-state index in [1.54, 1.807) is 0 Å². The number of thiophene rings is 1. The van der Waals surface area contributed by atoms with E-state index < -0.39 is 0 Å². The van der Waals surface area contributed by atoms with E-state index in [0.717, 1.165) is 55.8 Å². The highest BCUT2D eigenvalue weighted by Crippen LogP contribution is 2.48. The van der Waals surface area contributed by atoms with Crippen LogP contribution in [0.1, 0.15) is 0 Å². The number of nitrogens with zero attached hydrogens (tertiary/aromatic N) is 3. The summed E-state index contributed by atoms with van der Waals surface area (Å²) in [6.07, 6.45) is 0. The van der Waals surface area contributed by atoms with Crippen molar-refractivity contribution in [2.75, 3.05) is 0 Å². The van der Waals surface area contributed by atoms with Crippen LogP contribution >= 0.6 is 11.3 Å². The van der Waals surface area contributed by atoms with Crippen molar-refractivity contribution < 1.29 is 0 Å². The van der Waals surface area contributed by atoms with Gasteiger partial charge in [0.05, 0.1) is 22.6 Å². The number of hydrogen-bond acceptors (Lipinski definition) is 4. The lowest BCUT2D eigenvalue weighted by Crippen LogP contribution is -1.96. The monoisotopic (exact) mass is 667 g/mol. The molecular formula is C47H29N3S. The van der Waals surface area contributed by atoms with E-state index in [1.807, 2.05) is 47.7 Å². The highest BCUT2D eigenvalue weighted by atomic mass is 32.1. The summed E-state index contributed by atoms with van der Waals surface area (Å²) >= 11 is 1.87. The molecule has 0 saturated carbocycles. The molecule has 10 aromatic rings. The zero-order valence-corrected chi connectivity index (χ0v) is 28.3. The molecule has 0 aliphatic rings. The molecule has 0 aliphatic carbocycles. The average molecular weight is 668 g/mol. The maximum Gasteiger partial charge on any atom is 0.160 e. The van der Waals surface area contributed by atoms with Crippen LogP contribution in [-0.4, -0.2) is 15.0 Å². The van der Waals surface area contributed by atoms with Crippen molar-refractivity contribution in [1.29, 1.82) is 0 Å². The van der Waals surface area contributed by atoms with Crippen LogP contribution in [-0.2, 0) is 0 Å².